The lowest BCUT2D eigenvalue weighted by Crippen LogP contribution is -2.16. The summed E-state index contributed by atoms with van der Waals surface area (Å²) in [4.78, 5) is 0. The zero-order chi connectivity index (χ0) is 12.9. The van der Waals surface area contributed by atoms with Gasteiger partial charge in [-0.1, -0.05) is 0 Å². The predicted octanol–water partition coefficient (Wildman–Crippen LogP) is 2.39. The Labute approximate surface area is 127 Å². The second-order valence-electron chi connectivity index (χ2n) is 3.27. The fraction of sp³-hybridized carbons (Fsp3) is 1.00. The first-order chi connectivity index (χ1) is 8.28. The van der Waals surface area contributed by atoms with Crippen LogP contribution in [-0.4, -0.2) is 68.7 Å². The number of hydrogen-bond donors (Lipinski definition) is 2. The summed E-state index contributed by atoms with van der Waals surface area (Å²) in [6, 6.07) is 0. The van der Waals surface area contributed by atoms with Crippen LogP contribution in [0.1, 0.15) is 0 Å². The first-order valence-electron chi connectivity index (χ1n) is 5.43. The van der Waals surface area contributed by atoms with Crippen LogP contribution in [0.15, 0.2) is 0 Å². The summed E-state index contributed by atoms with van der Waals surface area (Å²) in [6.07, 6.45) is 0. The molecule has 2 unspecified atom stereocenters. The Hall–Kier alpha value is 1.55. The Bertz CT molecular complexity index is 150. The Morgan fingerprint density at radius 3 is 2.12 bits per heavy atom. The van der Waals surface area contributed by atoms with Gasteiger partial charge in [0.1, 0.15) is 0 Å². The zero-order valence-corrected chi connectivity index (χ0v) is 13.6. The molecule has 0 aliphatic heterocycles. The van der Waals surface area contributed by atoms with E-state index in [1.54, 1.807) is 23.5 Å². The van der Waals surface area contributed by atoms with Gasteiger partial charge < -0.3 is 10.2 Å². The number of rotatable bonds is 12. The monoisotopic (exact) mass is 338 g/mol. The molecule has 0 fully saturated rings. The van der Waals surface area contributed by atoms with Gasteiger partial charge in [0, 0.05) is 45.3 Å². The van der Waals surface area contributed by atoms with E-state index in [1.807, 2.05) is 11.8 Å². The Balaban J connectivity index is 3.61. The molecular formula is C10H20Cl2O2S3. The third-order valence-electron chi connectivity index (χ3n) is 1.86. The molecule has 0 spiro atoms. The van der Waals surface area contributed by atoms with E-state index in [9.17, 15) is 0 Å². The van der Waals surface area contributed by atoms with Gasteiger partial charge in [-0.3, -0.25) is 0 Å². The number of halogens is 2. The zero-order valence-electron chi connectivity index (χ0n) is 9.69. The van der Waals surface area contributed by atoms with Gasteiger partial charge in [-0.25, -0.2) is 0 Å². The lowest BCUT2D eigenvalue weighted by atomic mass is 10.5. The topological polar surface area (TPSA) is 40.5 Å². The summed E-state index contributed by atoms with van der Waals surface area (Å²) in [5.41, 5.74) is 0. The number of alkyl halides is 2. The molecule has 0 aromatic carbocycles. The molecule has 0 saturated carbocycles. The Morgan fingerprint density at radius 2 is 1.59 bits per heavy atom. The van der Waals surface area contributed by atoms with Crippen LogP contribution in [-0.2, 0) is 0 Å². The number of hydrogen-bond acceptors (Lipinski definition) is 5. The minimum Gasteiger partial charge on any atom is -0.396 e. The van der Waals surface area contributed by atoms with E-state index in [1.165, 1.54) is 0 Å². The predicted molar refractivity (Wildman–Crippen MR) is 85.4 cm³/mol. The molecule has 7 heteroatoms. The van der Waals surface area contributed by atoms with Crippen molar-refractivity contribution in [1.82, 2.24) is 0 Å². The van der Waals surface area contributed by atoms with E-state index in [-0.39, 0.29) is 18.5 Å². The van der Waals surface area contributed by atoms with Crippen molar-refractivity contribution in [3.63, 3.8) is 0 Å². The molecule has 0 bridgehead atoms. The van der Waals surface area contributed by atoms with Gasteiger partial charge in [-0.15, -0.1) is 23.2 Å². The molecule has 17 heavy (non-hydrogen) atoms. The highest BCUT2D eigenvalue weighted by Crippen LogP contribution is 2.21. The smallest absolute Gasteiger partial charge is 0.0558 e. The van der Waals surface area contributed by atoms with Crippen LogP contribution in [0.2, 0.25) is 0 Å². The van der Waals surface area contributed by atoms with Crippen LogP contribution < -0.4 is 0 Å². The lowest BCUT2D eigenvalue weighted by Gasteiger charge is -2.16. The van der Waals surface area contributed by atoms with E-state index >= 15 is 0 Å². The van der Waals surface area contributed by atoms with Crippen molar-refractivity contribution in [2.24, 2.45) is 0 Å². The molecule has 0 heterocycles. The normalized spacial score (nSPS) is 14.8. The van der Waals surface area contributed by atoms with Gasteiger partial charge in [-0.2, -0.15) is 35.3 Å². The molecule has 0 aromatic rings. The summed E-state index contributed by atoms with van der Waals surface area (Å²) in [5, 5.41) is 18.5. The van der Waals surface area contributed by atoms with Crippen molar-refractivity contribution in [3.8, 4) is 0 Å². The highest BCUT2D eigenvalue weighted by Gasteiger charge is 2.11. The van der Waals surface area contributed by atoms with E-state index in [2.05, 4.69) is 0 Å². The standard InChI is InChI=1S/C10H20Cl2O2S3/c11-1-3-16-9(5-12)7-15-8-10(6-14)17-4-2-13/h9-10,13-14H,1-8H2. The van der Waals surface area contributed by atoms with E-state index in [4.69, 9.17) is 33.4 Å². The summed E-state index contributed by atoms with van der Waals surface area (Å²) < 4.78 is 0. The van der Waals surface area contributed by atoms with Crippen LogP contribution in [0.4, 0.5) is 0 Å². The number of thioether (sulfide) groups is 3. The SMILES string of the molecule is OCCSC(CO)CSCC(CCl)SCCCl. The van der Waals surface area contributed by atoms with Crippen LogP contribution in [0.25, 0.3) is 0 Å². The van der Waals surface area contributed by atoms with Gasteiger partial charge in [0.2, 0.25) is 0 Å². The van der Waals surface area contributed by atoms with Gasteiger partial charge in [-0.05, 0) is 0 Å². The third-order valence-corrected chi connectivity index (χ3v) is 6.98. The largest absolute Gasteiger partial charge is 0.396 e. The van der Waals surface area contributed by atoms with Crippen LogP contribution >= 0.6 is 58.5 Å². The summed E-state index contributed by atoms with van der Waals surface area (Å²) in [5.74, 6) is 4.81. The van der Waals surface area contributed by atoms with E-state index < -0.39 is 0 Å². The average Bonchev–Trinajstić information content (AvgIpc) is 2.37. The van der Waals surface area contributed by atoms with Crippen molar-refractivity contribution in [2.75, 3.05) is 48.0 Å². The first kappa shape index (κ1) is 18.6. The molecule has 2 nitrogen and oxygen atoms in total. The molecule has 0 aromatic heterocycles. The Morgan fingerprint density at radius 1 is 0.941 bits per heavy atom. The van der Waals surface area contributed by atoms with Crippen molar-refractivity contribution < 1.29 is 10.2 Å². The molecule has 0 radical (unpaired) electrons. The van der Waals surface area contributed by atoms with Gasteiger partial charge >= 0.3 is 0 Å². The van der Waals surface area contributed by atoms with E-state index in [0.717, 1.165) is 17.3 Å². The second-order valence-corrected chi connectivity index (χ2v) is 7.85. The molecule has 0 saturated heterocycles. The first-order valence-corrected chi connectivity index (χ1v) is 9.75. The van der Waals surface area contributed by atoms with Crippen molar-refractivity contribution >= 4 is 58.5 Å². The average molecular weight is 339 g/mol. The number of aliphatic hydroxyl groups is 2. The van der Waals surface area contributed by atoms with Crippen LogP contribution in [0.5, 0.6) is 0 Å². The molecular weight excluding hydrogens is 319 g/mol. The molecule has 0 rings (SSSR count). The lowest BCUT2D eigenvalue weighted by molar-refractivity contribution is 0.300. The van der Waals surface area contributed by atoms with Gasteiger partial charge in [0.25, 0.3) is 0 Å². The molecule has 0 aliphatic carbocycles. The summed E-state index contributed by atoms with van der Waals surface area (Å²) in [7, 11) is 0. The minimum absolute atomic E-state index is 0.165. The highest BCUT2D eigenvalue weighted by molar-refractivity contribution is 8.05. The van der Waals surface area contributed by atoms with Crippen molar-refractivity contribution in [1.29, 1.82) is 0 Å². The number of aliphatic hydroxyl groups excluding tert-OH is 2. The third kappa shape index (κ3) is 11.1. The minimum atomic E-state index is 0.165. The maximum absolute atomic E-state index is 9.15. The van der Waals surface area contributed by atoms with E-state index in [0.29, 0.717) is 22.8 Å². The molecule has 0 amide bonds. The fourth-order valence-electron chi connectivity index (χ4n) is 1.05. The van der Waals surface area contributed by atoms with Crippen LogP contribution in [0, 0.1) is 0 Å². The van der Waals surface area contributed by atoms with Crippen molar-refractivity contribution in [2.45, 2.75) is 10.5 Å². The van der Waals surface area contributed by atoms with Gasteiger partial charge in [0.05, 0.1) is 13.2 Å². The maximum Gasteiger partial charge on any atom is 0.0558 e. The molecule has 2 atom stereocenters. The summed E-state index contributed by atoms with van der Waals surface area (Å²) >= 11 is 16.7. The van der Waals surface area contributed by atoms with Crippen molar-refractivity contribution in [3.05, 3.63) is 0 Å². The molecule has 104 valence electrons. The van der Waals surface area contributed by atoms with Crippen LogP contribution in [0.3, 0.4) is 0 Å². The maximum atomic E-state index is 9.15. The Kier molecular flexibility index (Phi) is 15.2. The fourth-order valence-corrected chi connectivity index (χ4v) is 5.11. The molecule has 0 aliphatic rings. The molecule has 2 N–H and O–H groups in total. The second kappa shape index (κ2) is 14.0. The highest BCUT2D eigenvalue weighted by atomic mass is 35.5. The van der Waals surface area contributed by atoms with Gasteiger partial charge in [0.15, 0.2) is 0 Å². The summed E-state index contributed by atoms with van der Waals surface area (Å²) in [6.45, 7) is 0.333. The quantitative estimate of drug-likeness (QED) is 0.534.